The van der Waals surface area contributed by atoms with E-state index in [2.05, 4.69) is 4.98 Å². The molecule has 58 valence electrons. The molecule has 1 heterocycles. The summed E-state index contributed by atoms with van der Waals surface area (Å²) in [5.41, 5.74) is 0.789. The Morgan fingerprint density at radius 3 is 2.91 bits per heavy atom. The third-order valence-electron chi connectivity index (χ3n) is 1.31. The van der Waals surface area contributed by atoms with Gasteiger partial charge in [-0.15, -0.1) is 0 Å². The fraction of sp³-hybridized carbons (Fsp3) is 0.250. The maximum absolute atomic E-state index is 10.0. The standard InChI is InChI=1S/C8H9NO2/c10-8(11)5-4-7-3-1-2-6-9-7/h1-3,6H,4-5H2,(H,10,11)/p-1. The molecule has 3 nitrogen and oxygen atoms in total. The highest BCUT2D eigenvalue weighted by Crippen LogP contribution is 1.96. The van der Waals surface area contributed by atoms with Crippen molar-refractivity contribution >= 4 is 5.97 Å². The van der Waals surface area contributed by atoms with Crippen molar-refractivity contribution in [2.75, 3.05) is 0 Å². The van der Waals surface area contributed by atoms with E-state index in [0.717, 1.165) is 5.69 Å². The number of carboxylic acids is 1. The molecule has 0 amide bonds. The number of carbonyl (C=O) groups is 1. The molecular weight excluding hydrogens is 142 g/mol. The van der Waals surface area contributed by atoms with Gasteiger partial charge in [0.25, 0.3) is 0 Å². The number of nitrogens with zero attached hydrogens (tertiary/aromatic N) is 1. The Morgan fingerprint density at radius 2 is 2.36 bits per heavy atom. The van der Waals surface area contributed by atoms with Crippen LogP contribution in [0.25, 0.3) is 0 Å². The third-order valence-corrected chi connectivity index (χ3v) is 1.31. The second kappa shape index (κ2) is 3.71. The van der Waals surface area contributed by atoms with Crippen LogP contribution in [-0.4, -0.2) is 11.0 Å². The molecule has 1 rings (SSSR count). The number of hydrogen-bond donors (Lipinski definition) is 0. The van der Waals surface area contributed by atoms with Crippen molar-refractivity contribution < 1.29 is 9.90 Å². The number of aliphatic carboxylic acids is 1. The lowest BCUT2D eigenvalue weighted by atomic mass is 10.2. The van der Waals surface area contributed by atoms with E-state index in [-0.39, 0.29) is 6.42 Å². The molecule has 1 aromatic rings. The molecule has 0 aliphatic rings. The van der Waals surface area contributed by atoms with Gasteiger partial charge in [0.1, 0.15) is 0 Å². The normalized spacial score (nSPS) is 9.45. The predicted molar refractivity (Wildman–Crippen MR) is 37.6 cm³/mol. The number of carboxylic acid groups (broad SMARTS) is 1. The lowest BCUT2D eigenvalue weighted by Gasteiger charge is -1.99. The van der Waals surface area contributed by atoms with Gasteiger partial charge in [0.05, 0.1) is 0 Å². The van der Waals surface area contributed by atoms with Crippen LogP contribution in [0.3, 0.4) is 0 Å². The van der Waals surface area contributed by atoms with E-state index in [1.165, 1.54) is 0 Å². The van der Waals surface area contributed by atoms with Crippen LogP contribution in [0.4, 0.5) is 0 Å². The summed E-state index contributed by atoms with van der Waals surface area (Å²) in [7, 11) is 0. The van der Waals surface area contributed by atoms with Gasteiger partial charge in [-0.2, -0.15) is 0 Å². The summed E-state index contributed by atoms with van der Waals surface area (Å²) in [5, 5.41) is 10.0. The van der Waals surface area contributed by atoms with Crippen LogP contribution in [0.1, 0.15) is 12.1 Å². The van der Waals surface area contributed by atoms with Gasteiger partial charge in [0, 0.05) is 17.9 Å². The first-order valence-electron chi connectivity index (χ1n) is 3.39. The van der Waals surface area contributed by atoms with Gasteiger partial charge in [-0.3, -0.25) is 4.98 Å². The van der Waals surface area contributed by atoms with Gasteiger partial charge in [-0.1, -0.05) is 6.07 Å². The van der Waals surface area contributed by atoms with E-state index in [0.29, 0.717) is 6.42 Å². The SMILES string of the molecule is O=C([O-])CCc1ccccn1. The Bertz CT molecular complexity index is 233. The van der Waals surface area contributed by atoms with Crippen molar-refractivity contribution in [1.29, 1.82) is 0 Å². The Labute approximate surface area is 64.7 Å². The van der Waals surface area contributed by atoms with Gasteiger partial charge >= 0.3 is 0 Å². The molecule has 3 heteroatoms. The second-order valence-corrected chi connectivity index (χ2v) is 2.19. The molecule has 0 radical (unpaired) electrons. The highest BCUT2D eigenvalue weighted by molar-refractivity contribution is 5.64. The maximum atomic E-state index is 10.0. The molecule has 0 aromatic carbocycles. The first-order valence-corrected chi connectivity index (χ1v) is 3.39. The van der Waals surface area contributed by atoms with Gasteiger partial charge in [0.15, 0.2) is 0 Å². The van der Waals surface area contributed by atoms with Crippen molar-refractivity contribution in [1.82, 2.24) is 4.98 Å². The zero-order valence-electron chi connectivity index (χ0n) is 5.99. The van der Waals surface area contributed by atoms with E-state index in [4.69, 9.17) is 0 Å². The largest absolute Gasteiger partial charge is 0.550 e. The summed E-state index contributed by atoms with van der Waals surface area (Å²) in [4.78, 5) is 14.0. The highest BCUT2D eigenvalue weighted by atomic mass is 16.4. The van der Waals surface area contributed by atoms with Gasteiger partial charge in [-0.25, -0.2) is 0 Å². The lowest BCUT2D eigenvalue weighted by Crippen LogP contribution is -2.22. The van der Waals surface area contributed by atoms with Crippen LogP contribution in [-0.2, 0) is 11.2 Å². The zero-order chi connectivity index (χ0) is 8.10. The van der Waals surface area contributed by atoms with E-state index in [1.807, 2.05) is 6.07 Å². The van der Waals surface area contributed by atoms with E-state index in [9.17, 15) is 9.90 Å². The van der Waals surface area contributed by atoms with Crippen molar-refractivity contribution in [3.05, 3.63) is 30.1 Å². The van der Waals surface area contributed by atoms with Crippen LogP contribution in [0, 0.1) is 0 Å². The topological polar surface area (TPSA) is 53.0 Å². The zero-order valence-corrected chi connectivity index (χ0v) is 5.99. The van der Waals surface area contributed by atoms with E-state index < -0.39 is 5.97 Å². The second-order valence-electron chi connectivity index (χ2n) is 2.19. The molecule has 0 spiro atoms. The predicted octanol–water partition coefficient (Wildman–Crippen LogP) is -0.236. The minimum absolute atomic E-state index is 0.0387. The number of aromatic nitrogens is 1. The Balaban J connectivity index is 2.45. The molecule has 0 bridgehead atoms. The summed E-state index contributed by atoms with van der Waals surface area (Å²) in [6.45, 7) is 0. The molecule has 1 aromatic heterocycles. The quantitative estimate of drug-likeness (QED) is 0.597. The Hall–Kier alpha value is -1.38. The van der Waals surface area contributed by atoms with Crippen molar-refractivity contribution in [2.24, 2.45) is 0 Å². The van der Waals surface area contributed by atoms with Crippen LogP contribution in [0.2, 0.25) is 0 Å². The summed E-state index contributed by atoms with van der Waals surface area (Å²) in [6.07, 6.45) is 2.13. The van der Waals surface area contributed by atoms with Crippen molar-refractivity contribution in [3.63, 3.8) is 0 Å². The van der Waals surface area contributed by atoms with Crippen LogP contribution in [0.5, 0.6) is 0 Å². The molecular formula is C8H8NO2-. The summed E-state index contributed by atoms with van der Waals surface area (Å²) in [5.74, 6) is -1.03. The van der Waals surface area contributed by atoms with Crippen LogP contribution in [0.15, 0.2) is 24.4 Å². The minimum Gasteiger partial charge on any atom is -0.550 e. The molecule has 0 aliphatic carbocycles. The van der Waals surface area contributed by atoms with Gasteiger partial charge in [-0.05, 0) is 25.0 Å². The molecule has 0 atom stereocenters. The summed E-state index contributed by atoms with van der Waals surface area (Å²) < 4.78 is 0. The minimum atomic E-state index is -1.03. The molecule has 0 saturated carbocycles. The first-order chi connectivity index (χ1) is 5.29. The fourth-order valence-electron chi connectivity index (χ4n) is 0.776. The number of rotatable bonds is 3. The smallest absolute Gasteiger partial charge is 0.0418 e. The molecule has 0 saturated heterocycles. The molecule has 0 aliphatic heterocycles. The number of aryl methyl sites for hydroxylation is 1. The van der Waals surface area contributed by atoms with Gasteiger partial charge < -0.3 is 9.90 Å². The molecule has 0 unspecified atom stereocenters. The van der Waals surface area contributed by atoms with Crippen LogP contribution >= 0.6 is 0 Å². The average molecular weight is 150 g/mol. The Kier molecular flexibility index (Phi) is 2.60. The summed E-state index contributed by atoms with van der Waals surface area (Å²) in [6, 6.07) is 5.42. The van der Waals surface area contributed by atoms with Crippen molar-refractivity contribution in [3.8, 4) is 0 Å². The number of hydrogen-bond acceptors (Lipinski definition) is 3. The number of pyridine rings is 1. The monoisotopic (exact) mass is 150 g/mol. The molecule has 11 heavy (non-hydrogen) atoms. The molecule has 0 fully saturated rings. The first kappa shape index (κ1) is 7.72. The maximum Gasteiger partial charge on any atom is 0.0418 e. The number of carbonyl (C=O) groups excluding carboxylic acids is 1. The fourth-order valence-corrected chi connectivity index (χ4v) is 0.776. The molecule has 0 N–H and O–H groups in total. The highest BCUT2D eigenvalue weighted by Gasteiger charge is 1.91. The summed E-state index contributed by atoms with van der Waals surface area (Å²) >= 11 is 0. The lowest BCUT2D eigenvalue weighted by molar-refractivity contribution is -0.305. The Morgan fingerprint density at radius 1 is 1.55 bits per heavy atom. The van der Waals surface area contributed by atoms with Gasteiger partial charge in [0.2, 0.25) is 0 Å². The van der Waals surface area contributed by atoms with E-state index >= 15 is 0 Å². The average Bonchev–Trinajstić information content (AvgIpc) is 2.03. The van der Waals surface area contributed by atoms with Crippen LogP contribution < -0.4 is 5.11 Å². The van der Waals surface area contributed by atoms with Crippen molar-refractivity contribution in [2.45, 2.75) is 12.8 Å². The third kappa shape index (κ3) is 2.80. The van der Waals surface area contributed by atoms with E-state index in [1.54, 1.807) is 18.3 Å².